The molecule has 38 heavy (non-hydrogen) atoms. The first-order valence-electron chi connectivity index (χ1n) is 13.1. The zero-order valence-electron chi connectivity index (χ0n) is 22.2. The maximum Gasteiger partial charge on any atom is 0.238 e. The van der Waals surface area contributed by atoms with E-state index in [1.807, 2.05) is 47.4 Å². The van der Waals surface area contributed by atoms with E-state index in [4.69, 9.17) is 16.3 Å². The first-order valence-corrected chi connectivity index (χ1v) is 15.0. The zero-order valence-corrected chi connectivity index (χ0v) is 23.8. The predicted molar refractivity (Wildman–Crippen MR) is 149 cm³/mol. The van der Waals surface area contributed by atoms with E-state index >= 15 is 0 Å². The molecule has 1 aliphatic rings. The number of piperidine rings is 1. The van der Waals surface area contributed by atoms with Crippen LogP contribution in [0.5, 0.6) is 0 Å². The van der Waals surface area contributed by atoms with Gasteiger partial charge in [-0.05, 0) is 42.5 Å². The molecular weight excluding hydrogens is 526 g/mol. The first-order chi connectivity index (χ1) is 18.2. The second-order valence-electron chi connectivity index (χ2n) is 9.56. The summed E-state index contributed by atoms with van der Waals surface area (Å²) in [6.45, 7) is 3.30. The van der Waals surface area contributed by atoms with Crippen LogP contribution in [0.4, 0.5) is 0 Å². The number of hydrogen-bond donors (Lipinski definition) is 0. The molecule has 3 rings (SSSR count). The molecule has 0 bridgehead atoms. The maximum atomic E-state index is 13.7. The van der Waals surface area contributed by atoms with Crippen LogP contribution in [0.1, 0.15) is 37.3 Å². The van der Waals surface area contributed by atoms with Gasteiger partial charge in [0.2, 0.25) is 21.8 Å². The predicted octanol–water partition coefficient (Wildman–Crippen LogP) is 3.59. The number of methoxy groups -OCH3 is 1. The molecule has 1 heterocycles. The highest BCUT2D eigenvalue weighted by Crippen LogP contribution is 2.22. The molecule has 0 aliphatic carbocycles. The van der Waals surface area contributed by atoms with Crippen molar-refractivity contribution in [1.82, 2.24) is 14.1 Å². The van der Waals surface area contributed by atoms with Crippen LogP contribution in [0.25, 0.3) is 0 Å². The fourth-order valence-electron chi connectivity index (χ4n) is 4.65. The average Bonchev–Trinajstić information content (AvgIpc) is 2.91. The molecule has 2 aromatic carbocycles. The van der Waals surface area contributed by atoms with Gasteiger partial charge in [0.25, 0.3) is 0 Å². The number of rotatable bonds is 13. The molecule has 1 saturated heterocycles. The number of likely N-dealkylation sites (tertiary alicyclic amines) is 1. The Labute approximate surface area is 231 Å². The molecule has 10 heteroatoms. The van der Waals surface area contributed by atoms with Crippen LogP contribution in [-0.4, -0.2) is 86.0 Å². The van der Waals surface area contributed by atoms with Crippen molar-refractivity contribution in [3.8, 4) is 0 Å². The molecule has 0 saturated carbocycles. The fraction of sp³-hybridized carbons (Fsp3) is 0.500. The number of hydrogen-bond acceptors (Lipinski definition) is 5. The van der Waals surface area contributed by atoms with Crippen LogP contribution >= 0.6 is 11.6 Å². The van der Waals surface area contributed by atoms with Gasteiger partial charge in [0.05, 0.1) is 25.3 Å². The Morgan fingerprint density at radius 3 is 2.29 bits per heavy atom. The van der Waals surface area contributed by atoms with E-state index in [0.717, 1.165) is 11.1 Å². The normalized spacial score (nSPS) is 14.6. The zero-order chi connectivity index (χ0) is 27.5. The largest absolute Gasteiger partial charge is 0.383 e. The monoisotopic (exact) mass is 563 g/mol. The van der Waals surface area contributed by atoms with Crippen LogP contribution < -0.4 is 0 Å². The number of nitrogens with zero attached hydrogens (tertiary/aromatic N) is 3. The third kappa shape index (κ3) is 8.80. The summed E-state index contributed by atoms with van der Waals surface area (Å²) in [6, 6.07) is 16.8. The Bertz CT molecular complexity index is 1140. The summed E-state index contributed by atoms with van der Waals surface area (Å²) in [7, 11) is -2.09. The lowest BCUT2D eigenvalue weighted by Gasteiger charge is -2.39. The minimum absolute atomic E-state index is 0.0247. The van der Waals surface area contributed by atoms with Gasteiger partial charge >= 0.3 is 0 Å². The standard InChI is InChI=1S/C28H38ClN3O5S/c1-3-19-38(35,36)31(17-18-37-2)22-28(34)32(21-24-9-11-25(29)12-10-24)26-13-15-30(16-14-26)27(33)20-23-7-5-4-6-8-23/h4-12,26H,3,13-22H2,1-2H3. The van der Waals surface area contributed by atoms with E-state index in [0.29, 0.717) is 50.3 Å². The molecule has 8 nitrogen and oxygen atoms in total. The van der Waals surface area contributed by atoms with E-state index in [1.165, 1.54) is 11.4 Å². The SMILES string of the molecule is CCCS(=O)(=O)N(CCOC)CC(=O)N(Cc1ccc(Cl)cc1)C1CCN(C(=O)Cc2ccccc2)CC1. The second kappa shape index (κ2) is 14.6. The molecule has 1 fully saturated rings. The molecule has 0 N–H and O–H groups in total. The molecule has 1 aliphatic heterocycles. The minimum atomic E-state index is -3.60. The van der Waals surface area contributed by atoms with Gasteiger partial charge in [0.1, 0.15) is 0 Å². The van der Waals surface area contributed by atoms with Crippen molar-refractivity contribution in [2.24, 2.45) is 0 Å². The van der Waals surface area contributed by atoms with E-state index in [1.54, 1.807) is 24.0 Å². The lowest BCUT2D eigenvalue weighted by atomic mass is 10.0. The van der Waals surface area contributed by atoms with Crippen molar-refractivity contribution in [2.45, 2.75) is 45.2 Å². The highest BCUT2D eigenvalue weighted by molar-refractivity contribution is 7.89. The number of ether oxygens (including phenoxy) is 1. The van der Waals surface area contributed by atoms with E-state index in [-0.39, 0.29) is 43.3 Å². The third-order valence-corrected chi connectivity index (χ3v) is 9.03. The van der Waals surface area contributed by atoms with Crippen molar-refractivity contribution in [3.63, 3.8) is 0 Å². The van der Waals surface area contributed by atoms with Gasteiger partial charge in [0, 0.05) is 44.4 Å². The van der Waals surface area contributed by atoms with Gasteiger partial charge in [-0.1, -0.05) is 61.0 Å². The first kappa shape index (κ1) is 30.1. The van der Waals surface area contributed by atoms with Crippen LogP contribution in [0.3, 0.4) is 0 Å². The molecule has 0 radical (unpaired) electrons. The minimum Gasteiger partial charge on any atom is -0.383 e. The van der Waals surface area contributed by atoms with E-state index in [2.05, 4.69) is 0 Å². The number of carbonyl (C=O) groups excluding carboxylic acids is 2. The number of halogens is 1. The number of benzene rings is 2. The van der Waals surface area contributed by atoms with Gasteiger partial charge in [0.15, 0.2) is 0 Å². The van der Waals surface area contributed by atoms with Crippen molar-refractivity contribution in [2.75, 3.05) is 45.6 Å². The average molecular weight is 564 g/mol. The summed E-state index contributed by atoms with van der Waals surface area (Å²) in [6.07, 6.45) is 2.06. The summed E-state index contributed by atoms with van der Waals surface area (Å²) in [4.78, 5) is 30.2. The summed E-state index contributed by atoms with van der Waals surface area (Å²) in [5.41, 5.74) is 1.88. The molecule has 0 atom stereocenters. The number of carbonyl (C=O) groups is 2. The van der Waals surface area contributed by atoms with Gasteiger partial charge in [-0.15, -0.1) is 0 Å². The Kier molecular flexibility index (Phi) is 11.6. The van der Waals surface area contributed by atoms with E-state index < -0.39 is 10.0 Å². The smallest absolute Gasteiger partial charge is 0.238 e. The Morgan fingerprint density at radius 2 is 1.68 bits per heavy atom. The molecule has 0 spiro atoms. The second-order valence-corrected chi connectivity index (χ2v) is 12.1. The van der Waals surface area contributed by atoms with Gasteiger partial charge < -0.3 is 14.5 Å². The van der Waals surface area contributed by atoms with Crippen molar-refractivity contribution < 1.29 is 22.7 Å². The molecule has 0 unspecified atom stereocenters. The van der Waals surface area contributed by atoms with Gasteiger partial charge in [-0.2, -0.15) is 4.31 Å². The summed E-state index contributed by atoms with van der Waals surface area (Å²) >= 11 is 6.06. The Hall–Kier alpha value is -2.46. The molecule has 2 amide bonds. The van der Waals surface area contributed by atoms with Crippen LogP contribution in [0.2, 0.25) is 5.02 Å². The highest BCUT2D eigenvalue weighted by Gasteiger charge is 2.32. The summed E-state index contributed by atoms with van der Waals surface area (Å²) in [5.74, 6) is -0.213. The summed E-state index contributed by atoms with van der Waals surface area (Å²) < 4.78 is 32.1. The van der Waals surface area contributed by atoms with Crippen LogP contribution in [0.15, 0.2) is 54.6 Å². The fourth-order valence-corrected chi connectivity index (χ4v) is 6.21. The van der Waals surface area contributed by atoms with Crippen molar-refractivity contribution >= 4 is 33.4 Å². The Balaban J connectivity index is 1.73. The molecule has 208 valence electrons. The summed E-state index contributed by atoms with van der Waals surface area (Å²) in [5, 5.41) is 0.605. The van der Waals surface area contributed by atoms with Gasteiger partial charge in [-0.25, -0.2) is 8.42 Å². The highest BCUT2D eigenvalue weighted by atomic mass is 35.5. The van der Waals surface area contributed by atoms with Crippen LogP contribution in [0, 0.1) is 0 Å². The molecule has 2 aromatic rings. The quantitative estimate of drug-likeness (QED) is 0.372. The lowest BCUT2D eigenvalue weighted by molar-refractivity contribution is -0.137. The molecular formula is C28H38ClN3O5S. The lowest BCUT2D eigenvalue weighted by Crippen LogP contribution is -2.52. The van der Waals surface area contributed by atoms with Crippen LogP contribution in [-0.2, 0) is 37.3 Å². The maximum absolute atomic E-state index is 13.7. The molecule has 0 aromatic heterocycles. The van der Waals surface area contributed by atoms with E-state index in [9.17, 15) is 18.0 Å². The van der Waals surface area contributed by atoms with Crippen molar-refractivity contribution in [1.29, 1.82) is 0 Å². The Morgan fingerprint density at radius 1 is 1.03 bits per heavy atom. The van der Waals surface area contributed by atoms with Gasteiger partial charge in [-0.3, -0.25) is 9.59 Å². The van der Waals surface area contributed by atoms with Crippen molar-refractivity contribution in [3.05, 3.63) is 70.7 Å². The number of amides is 2. The topological polar surface area (TPSA) is 87.2 Å². The number of sulfonamides is 1. The third-order valence-electron chi connectivity index (χ3n) is 6.75.